The zero-order chi connectivity index (χ0) is 42.4. The van der Waals surface area contributed by atoms with E-state index in [0.717, 1.165) is 77.4 Å². The van der Waals surface area contributed by atoms with Gasteiger partial charge in [0, 0.05) is 6.42 Å². The van der Waals surface area contributed by atoms with Gasteiger partial charge in [0.15, 0.2) is 11.5 Å². The Hall–Kier alpha value is -4.60. The van der Waals surface area contributed by atoms with E-state index in [1.165, 1.54) is 10.0 Å². The minimum absolute atomic E-state index is 0.00109. The molecule has 2 unspecified atom stereocenters. The molecule has 1 saturated heterocycles. The van der Waals surface area contributed by atoms with Crippen LogP contribution in [0, 0.1) is 39.9 Å². The molecular formula is C45H46N4O6S4. The number of benzene rings is 3. The summed E-state index contributed by atoms with van der Waals surface area (Å²) in [7, 11) is 0. The van der Waals surface area contributed by atoms with Crippen LogP contribution in [-0.4, -0.2) is 33.8 Å². The monoisotopic (exact) mass is 866 g/mol. The lowest BCUT2D eigenvalue weighted by Gasteiger charge is -2.27. The van der Waals surface area contributed by atoms with Gasteiger partial charge in [-0.1, -0.05) is 162 Å². The van der Waals surface area contributed by atoms with Gasteiger partial charge in [-0.3, -0.25) is 19.2 Å². The minimum atomic E-state index is -0.481. The van der Waals surface area contributed by atoms with Gasteiger partial charge in [-0.15, -0.1) is 0 Å². The fraction of sp³-hybridized carbons (Fsp3) is 0.378. The third kappa shape index (κ3) is 10.1. The molecule has 0 spiro atoms. The number of thioether (sulfide) groups is 4. The molecule has 0 N–H and O–H groups in total. The highest BCUT2D eigenvalue weighted by atomic mass is 32.2. The van der Waals surface area contributed by atoms with E-state index in [4.69, 9.17) is 9.47 Å². The number of nitriles is 2. The lowest BCUT2D eigenvalue weighted by Crippen LogP contribution is -2.39. The number of hydrogen-bond acceptors (Lipinski definition) is 12. The number of rotatable bonds is 14. The molecule has 3 heterocycles. The molecule has 3 aliphatic heterocycles. The van der Waals surface area contributed by atoms with Crippen molar-refractivity contribution in [1.29, 1.82) is 10.5 Å². The number of hydrazine groups is 1. The van der Waals surface area contributed by atoms with Gasteiger partial charge >= 0.3 is 11.9 Å². The standard InChI is InChI=1S/C45H46N4O6S4/c1-7-9-20-30(8-2)42(53)55-35-38-36(56-43(57-38)31(23-46)24-47)34(54-32(50)21-27(3)22-45(4,5)6)37-39(35)59-44(58-37)33-40(51)48(25-28-16-12-10-13-17-28)49(41(33)52)26-29-18-14-11-15-19-29/h10-19,27,30H,7-9,20-22,25-26H2,1-6H3. The average Bonchev–Trinajstić information content (AvgIpc) is 3.89. The Morgan fingerprint density at radius 2 is 1.25 bits per heavy atom. The SMILES string of the molecule is CCCCC(CC)C(=O)Oc1c2c(c(OC(=O)CC(C)CC(C)(C)C)c3c1SC(=C1C(=O)N(Cc4ccccc4)N(Cc4ccccc4)C1=O)S3)SC(=C(C#N)C#N)S2. The largest absolute Gasteiger partial charge is 0.424 e. The van der Waals surface area contributed by atoms with E-state index in [1.807, 2.05) is 86.6 Å². The smallest absolute Gasteiger partial charge is 0.314 e. The number of fused-ring (bicyclic) bond motifs is 2. The van der Waals surface area contributed by atoms with Crippen molar-refractivity contribution in [2.45, 2.75) is 113 Å². The summed E-state index contributed by atoms with van der Waals surface area (Å²) in [5, 5.41) is 22.6. The maximum Gasteiger partial charge on any atom is 0.314 e. The van der Waals surface area contributed by atoms with Crippen molar-refractivity contribution in [3.05, 3.63) is 91.4 Å². The molecule has 1 fully saturated rings. The maximum absolute atomic E-state index is 14.6. The number of amides is 2. The molecule has 59 heavy (non-hydrogen) atoms. The Bertz CT molecular complexity index is 2210. The molecular weight excluding hydrogens is 821 g/mol. The second kappa shape index (κ2) is 19.2. The number of carbonyl (C=O) groups excluding carboxylic acids is 4. The number of carbonyl (C=O) groups is 4. The van der Waals surface area contributed by atoms with Crippen molar-refractivity contribution in [1.82, 2.24) is 10.0 Å². The Kier molecular flexibility index (Phi) is 14.3. The summed E-state index contributed by atoms with van der Waals surface area (Å²) in [6.45, 7) is 12.6. The number of ether oxygens (including phenoxy) is 2. The molecule has 0 radical (unpaired) electrons. The first-order valence-corrected chi connectivity index (χ1v) is 22.9. The van der Waals surface area contributed by atoms with E-state index in [1.54, 1.807) is 0 Å². The lowest BCUT2D eigenvalue weighted by molar-refractivity contribution is -0.149. The molecule has 0 saturated carbocycles. The molecule has 2 amide bonds. The van der Waals surface area contributed by atoms with Crippen molar-refractivity contribution >= 4 is 70.8 Å². The van der Waals surface area contributed by atoms with Gasteiger partial charge < -0.3 is 9.47 Å². The molecule has 6 rings (SSSR count). The normalized spacial score (nSPS) is 15.8. The first-order chi connectivity index (χ1) is 28.3. The summed E-state index contributed by atoms with van der Waals surface area (Å²) < 4.78 is 13.3. The van der Waals surface area contributed by atoms with Gasteiger partial charge in [-0.05, 0) is 41.7 Å². The van der Waals surface area contributed by atoms with Crippen LogP contribution in [0.2, 0.25) is 0 Å². The van der Waals surface area contributed by atoms with E-state index in [2.05, 4.69) is 27.7 Å². The number of allylic oxidation sites excluding steroid dienone is 1. The van der Waals surface area contributed by atoms with Crippen LogP contribution >= 0.6 is 47.0 Å². The van der Waals surface area contributed by atoms with Crippen LogP contribution in [-0.2, 0) is 32.3 Å². The van der Waals surface area contributed by atoms with E-state index in [9.17, 15) is 29.7 Å². The third-order valence-corrected chi connectivity index (χ3v) is 15.0. The van der Waals surface area contributed by atoms with Crippen LogP contribution in [0.3, 0.4) is 0 Å². The van der Waals surface area contributed by atoms with Crippen molar-refractivity contribution in [2.75, 3.05) is 0 Å². The Morgan fingerprint density at radius 1 is 0.763 bits per heavy atom. The van der Waals surface area contributed by atoms with Crippen LogP contribution in [0.1, 0.15) is 91.2 Å². The van der Waals surface area contributed by atoms with Crippen LogP contribution < -0.4 is 9.47 Å². The quantitative estimate of drug-likeness (QED) is 0.0500. The lowest BCUT2D eigenvalue weighted by atomic mass is 9.84. The van der Waals surface area contributed by atoms with E-state index >= 15 is 0 Å². The van der Waals surface area contributed by atoms with E-state index in [-0.39, 0.29) is 59.4 Å². The molecule has 0 aliphatic carbocycles. The molecule has 3 aromatic carbocycles. The highest BCUT2D eigenvalue weighted by Crippen LogP contribution is 2.68. The molecule has 0 aromatic heterocycles. The highest BCUT2D eigenvalue weighted by Gasteiger charge is 2.47. The van der Waals surface area contributed by atoms with Crippen LogP contribution in [0.5, 0.6) is 11.5 Å². The zero-order valence-electron chi connectivity index (χ0n) is 34.0. The van der Waals surface area contributed by atoms with Gasteiger partial charge in [-0.25, -0.2) is 10.0 Å². The second-order valence-corrected chi connectivity index (χ2v) is 20.4. The minimum Gasteiger partial charge on any atom is -0.424 e. The van der Waals surface area contributed by atoms with Gasteiger partial charge in [-0.2, -0.15) is 10.5 Å². The fourth-order valence-electron chi connectivity index (χ4n) is 7.16. The summed E-state index contributed by atoms with van der Waals surface area (Å²) in [6, 6.07) is 22.8. The number of nitrogens with zero attached hydrogens (tertiary/aromatic N) is 4. The van der Waals surface area contributed by atoms with Crippen molar-refractivity contribution in [3.8, 4) is 23.6 Å². The Balaban J connectivity index is 1.49. The molecule has 2 atom stereocenters. The number of esters is 2. The molecule has 0 bridgehead atoms. The third-order valence-electron chi connectivity index (χ3n) is 9.81. The van der Waals surface area contributed by atoms with Crippen molar-refractivity contribution < 1.29 is 28.7 Å². The molecule has 306 valence electrons. The first kappa shape index (κ1) is 44.0. The number of hydrogen-bond donors (Lipinski definition) is 0. The maximum atomic E-state index is 14.6. The van der Waals surface area contributed by atoms with Crippen molar-refractivity contribution in [2.24, 2.45) is 17.3 Å². The second-order valence-electron chi connectivity index (χ2n) is 15.8. The fourth-order valence-corrected chi connectivity index (χ4v) is 12.5. The zero-order valence-corrected chi connectivity index (χ0v) is 37.2. The molecule has 3 aliphatic rings. The predicted octanol–water partition coefficient (Wildman–Crippen LogP) is 11.0. The van der Waals surface area contributed by atoms with Crippen LogP contribution in [0.25, 0.3) is 0 Å². The summed E-state index contributed by atoms with van der Waals surface area (Å²) in [5.74, 6) is -1.90. The molecule has 10 nitrogen and oxygen atoms in total. The first-order valence-electron chi connectivity index (χ1n) is 19.6. The van der Waals surface area contributed by atoms with Crippen LogP contribution in [0.15, 0.2) is 99.9 Å². The van der Waals surface area contributed by atoms with E-state index < -0.39 is 23.8 Å². The molecule has 14 heteroatoms. The molecule has 3 aromatic rings. The summed E-state index contributed by atoms with van der Waals surface area (Å²) in [4.78, 5) is 58.6. The average molecular weight is 867 g/mol. The van der Waals surface area contributed by atoms with Gasteiger partial charge in [0.2, 0.25) is 0 Å². The topological polar surface area (TPSA) is 141 Å². The number of unbranched alkanes of at least 4 members (excludes halogenated alkanes) is 1. The summed E-state index contributed by atoms with van der Waals surface area (Å²) in [6.07, 6.45) is 3.83. The van der Waals surface area contributed by atoms with Gasteiger partial charge in [0.25, 0.3) is 11.8 Å². The van der Waals surface area contributed by atoms with E-state index in [0.29, 0.717) is 40.9 Å². The predicted molar refractivity (Wildman–Crippen MR) is 232 cm³/mol. The van der Waals surface area contributed by atoms with Crippen LogP contribution in [0.4, 0.5) is 0 Å². The van der Waals surface area contributed by atoms with Gasteiger partial charge in [0.1, 0.15) is 23.3 Å². The highest BCUT2D eigenvalue weighted by molar-refractivity contribution is 8.26. The summed E-state index contributed by atoms with van der Waals surface area (Å²) in [5.41, 5.74) is 1.50. The van der Waals surface area contributed by atoms with Crippen molar-refractivity contribution in [3.63, 3.8) is 0 Å². The van der Waals surface area contributed by atoms with Gasteiger partial charge in [0.05, 0.1) is 47.1 Å². The Morgan fingerprint density at radius 3 is 1.71 bits per heavy atom. The Labute approximate surface area is 363 Å². The summed E-state index contributed by atoms with van der Waals surface area (Å²) >= 11 is 4.46.